The van der Waals surface area contributed by atoms with E-state index in [9.17, 15) is 27.6 Å². The Morgan fingerprint density at radius 2 is 1.68 bits per heavy atom. The summed E-state index contributed by atoms with van der Waals surface area (Å²) in [5.74, 6) is -0.702. The second-order valence-corrected chi connectivity index (χ2v) is 13.4. The van der Waals surface area contributed by atoms with Crippen molar-refractivity contribution in [3.05, 3.63) is 64.8 Å². The van der Waals surface area contributed by atoms with Crippen molar-refractivity contribution in [1.29, 1.82) is 0 Å². The van der Waals surface area contributed by atoms with E-state index < -0.39 is 31.1 Å². The number of methoxy groups -OCH3 is 1. The van der Waals surface area contributed by atoms with Crippen molar-refractivity contribution in [3.63, 3.8) is 0 Å². The van der Waals surface area contributed by atoms with Gasteiger partial charge in [-0.25, -0.2) is 4.98 Å². The number of anilines is 4. The van der Waals surface area contributed by atoms with E-state index in [2.05, 4.69) is 20.6 Å². The van der Waals surface area contributed by atoms with Gasteiger partial charge in [-0.1, -0.05) is 12.1 Å². The van der Waals surface area contributed by atoms with E-state index in [1.165, 1.54) is 12.0 Å². The minimum absolute atomic E-state index is 0.00827. The van der Waals surface area contributed by atoms with E-state index in [0.717, 1.165) is 18.4 Å². The number of hydrogen-bond donors (Lipinski definition) is 3. The molecule has 4 rings (SSSR count). The van der Waals surface area contributed by atoms with Gasteiger partial charge in [0.05, 0.1) is 49.5 Å². The zero-order valence-electron chi connectivity index (χ0n) is 27.1. The number of halogens is 3. The first kappa shape index (κ1) is 36.1. The van der Waals surface area contributed by atoms with Gasteiger partial charge in [0.2, 0.25) is 5.95 Å². The predicted molar refractivity (Wildman–Crippen MR) is 173 cm³/mol. The average molecular weight is 680 g/mol. The normalized spacial score (nSPS) is 16.9. The van der Waals surface area contributed by atoms with Crippen molar-refractivity contribution < 1.29 is 41.4 Å². The maximum absolute atomic E-state index is 14.1. The number of aliphatic hydroxyl groups is 1. The molecule has 0 bridgehead atoms. The highest BCUT2D eigenvalue weighted by Gasteiger charge is 2.36. The lowest BCUT2D eigenvalue weighted by molar-refractivity contribution is -0.137. The number of ether oxygens (including phenoxy) is 1. The van der Waals surface area contributed by atoms with Crippen molar-refractivity contribution >= 4 is 36.6 Å². The summed E-state index contributed by atoms with van der Waals surface area (Å²) in [6, 6.07) is 9.94. The molecule has 2 aromatic carbocycles. The molecule has 1 amide bonds. The fraction of sp³-hybridized carbons (Fsp3) is 0.469. The molecule has 15 heteroatoms. The molecule has 0 atom stereocenters. The Balaban J connectivity index is 1.67. The van der Waals surface area contributed by atoms with Crippen LogP contribution >= 0.6 is 7.60 Å². The van der Waals surface area contributed by atoms with E-state index in [1.54, 1.807) is 64.3 Å². The smallest absolute Gasteiger partial charge is 0.421 e. The maximum Gasteiger partial charge on any atom is 0.421 e. The fourth-order valence-corrected chi connectivity index (χ4v) is 7.12. The van der Waals surface area contributed by atoms with Gasteiger partial charge in [-0.15, -0.1) is 0 Å². The zero-order valence-corrected chi connectivity index (χ0v) is 28.0. The minimum Gasteiger partial charge on any atom is -0.495 e. The van der Waals surface area contributed by atoms with Crippen LogP contribution < -0.4 is 15.4 Å². The molecule has 3 N–H and O–H groups in total. The van der Waals surface area contributed by atoms with Crippen molar-refractivity contribution in [3.8, 4) is 5.75 Å². The molecule has 1 aromatic heterocycles. The largest absolute Gasteiger partial charge is 0.495 e. The van der Waals surface area contributed by atoms with Crippen LogP contribution in [0.3, 0.4) is 0 Å². The van der Waals surface area contributed by atoms with Crippen LogP contribution in [0.2, 0.25) is 0 Å². The monoisotopic (exact) mass is 679 g/mol. The van der Waals surface area contributed by atoms with Crippen LogP contribution in [-0.2, 0) is 26.0 Å². The molecule has 1 aliphatic rings. The van der Waals surface area contributed by atoms with Gasteiger partial charge in [-0.3, -0.25) is 9.36 Å². The van der Waals surface area contributed by atoms with Crippen LogP contribution in [0.5, 0.6) is 5.75 Å². The third kappa shape index (κ3) is 9.22. The molecule has 0 unspecified atom stereocenters. The molecule has 256 valence electrons. The standard InChI is InChI=1S/C32H41F3N5O6P/c1-6-45-47(43,46-7-2)19-20-8-14-27(28(16-20)44-5)38-31-36-18-25(32(33,34)35)29(39-31)37-26-15-11-22(17-24(26)30(42)40(3)4)21-9-12-23(41)13-10-21/h8,11,14-18,21,23,41H,6-7,9-10,12-13,19H2,1-5H3,(H2,36,37,38,39)/t21-,23-. The van der Waals surface area contributed by atoms with Gasteiger partial charge in [-0.05, 0) is 80.8 Å². The number of carbonyl (C=O) groups is 1. The SMILES string of the molecule is CCOP(=O)(Cc1ccc(Nc2ncc(C(F)(F)F)c(Nc3ccc([C@H]4CC[C@H](O)CC4)cc3C(=O)N(C)C)n2)c(OC)c1)OCC. The quantitative estimate of drug-likeness (QED) is 0.156. The summed E-state index contributed by atoms with van der Waals surface area (Å²) in [6.07, 6.45) is -1.74. The molecule has 1 aliphatic carbocycles. The number of benzene rings is 2. The number of rotatable bonds is 13. The summed E-state index contributed by atoms with van der Waals surface area (Å²) in [4.78, 5) is 22.6. The van der Waals surface area contributed by atoms with Gasteiger partial charge in [0, 0.05) is 20.3 Å². The van der Waals surface area contributed by atoms with E-state index in [-0.39, 0.29) is 48.6 Å². The highest BCUT2D eigenvalue weighted by atomic mass is 31.2. The van der Waals surface area contributed by atoms with Gasteiger partial charge < -0.3 is 34.4 Å². The van der Waals surface area contributed by atoms with E-state index in [0.29, 0.717) is 36.0 Å². The molecule has 47 heavy (non-hydrogen) atoms. The molecule has 0 radical (unpaired) electrons. The summed E-state index contributed by atoms with van der Waals surface area (Å²) in [5, 5.41) is 15.6. The van der Waals surface area contributed by atoms with E-state index in [4.69, 9.17) is 13.8 Å². The molecule has 1 heterocycles. The molecule has 1 saturated carbocycles. The molecule has 3 aromatic rings. The van der Waals surface area contributed by atoms with Gasteiger partial charge >= 0.3 is 13.8 Å². The Kier molecular flexibility index (Phi) is 11.9. The summed E-state index contributed by atoms with van der Waals surface area (Å²) < 4.78 is 71.7. The first-order valence-corrected chi connectivity index (χ1v) is 17.1. The van der Waals surface area contributed by atoms with Crippen LogP contribution in [0.15, 0.2) is 42.6 Å². The number of hydrogen-bond acceptors (Lipinski definition) is 10. The first-order valence-electron chi connectivity index (χ1n) is 15.3. The van der Waals surface area contributed by atoms with Crippen LogP contribution in [0.1, 0.15) is 72.5 Å². The lowest BCUT2D eigenvalue weighted by atomic mass is 9.82. The zero-order chi connectivity index (χ0) is 34.4. The van der Waals surface area contributed by atoms with Gasteiger partial charge in [-0.2, -0.15) is 18.2 Å². The van der Waals surface area contributed by atoms with Crippen molar-refractivity contribution in [2.24, 2.45) is 0 Å². The molecule has 1 fully saturated rings. The second kappa shape index (κ2) is 15.5. The van der Waals surface area contributed by atoms with E-state index >= 15 is 0 Å². The van der Waals surface area contributed by atoms with Crippen molar-refractivity contribution in [2.75, 3.05) is 45.1 Å². The lowest BCUT2D eigenvalue weighted by Crippen LogP contribution is -2.24. The lowest BCUT2D eigenvalue weighted by Gasteiger charge is -2.27. The minimum atomic E-state index is -4.80. The Morgan fingerprint density at radius 1 is 1.02 bits per heavy atom. The molecule has 0 saturated heterocycles. The predicted octanol–water partition coefficient (Wildman–Crippen LogP) is 7.48. The third-order valence-electron chi connectivity index (χ3n) is 7.74. The number of carbonyl (C=O) groups excluding carboxylic acids is 1. The molecular formula is C32H41F3N5O6P. The Bertz CT molecular complexity index is 1590. The van der Waals surface area contributed by atoms with Gasteiger partial charge in [0.15, 0.2) is 0 Å². The van der Waals surface area contributed by atoms with Crippen molar-refractivity contribution in [1.82, 2.24) is 14.9 Å². The van der Waals surface area contributed by atoms with Crippen LogP contribution in [0.4, 0.5) is 36.3 Å². The number of alkyl halides is 3. The van der Waals surface area contributed by atoms with Crippen LogP contribution in [0.25, 0.3) is 0 Å². The van der Waals surface area contributed by atoms with Gasteiger partial charge in [0.25, 0.3) is 5.91 Å². The Morgan fingerprint density at radius 3 is 2.28 bits per heavy atom. The van der Waals surface area contributed by atoms with E-state index in [1.807, 2.05) is 0 Å². The topological polar surface area (TPSA) is 135 Å². The van der Waals surface area contributed by atoms with Crippen LogP contribution in [0, 0.1) is 0 Å². The summed E-state index contributed by atoms with van der Waals surface area (Å²) >= 11 is 0. The highest BCUT2D eigenvalue weighted by Crippen LogP contribution is 2.52. The molecule has 0 aliphatic heterocycles. The maximum atomic E-state index is 14.1. The Hall–Kier alpha value is -3.71. The Labute approximate surface area is 272 Å². The summed E-state index contributed by atoms with van der Waals surface area (Å²) in [6.45, 7) is 3.84. The molecular weight excluding hydrogens is 638 g/mol. The third-order valence-corrected chi connectivity index (χ3v) is 9.79. The highest BCUT2D eigenvalue weighted by molar-refractivity contribution is 7.53. The summed E-state index contributed by atoms with van der Waals surface area (Å²) in [5.41, 5.74) is 1.03. The fourth-order valence-electron chi connectivity index (χ4n) is 5.43. The van der Waals surface area contributed by atoms with Gasteiger partial charge in [0.1, 0.15) is 17.1 Å². The first-order chi connectivity index (χ1) is 22.3. The molecule has 11 nitrogen and oxygen atoms in total. The average Bonchev–Trinajstić information content (AvgIpc) is 3.01. The second-order valence-electron chi connectivity index (χ2n) is 11.4. The molecule has 0 spiro atoms. The number of aromatic nitrogens is 2. The number of nitrogens with zero attached hydrogens (tertiary/aromatic N) is 3. The van der Waals surface area contributed by atoms with Crippen molar-refractivity contribution in [2.45, 2.75) is 63.9 Å². The number of amides is 1. The number of nitrogens with one attached hydrogen (secondary N) is 2. The van der Waals surface area contributed by atoms with Crippen LogP contribution in [-0.4, -0.2) is 66.4 Å². The summed E-state index contributed by atoms with van der Waals surface area (Å²) in [7, 11) is 1.14. The number of aliphatic hydroxyl groups excluding tert-OH is 1.